The van der Waals surface area contributed by atoms with Crippen molar-refractivity contribution in [3.8, 4) is 5.75 Å². The van der Waals surface area contributed by atoms with Crippen molar-refractivity contribution in [3.63, 3.8) is 0 Å². The number of hydrogen-bond acceptors (Lipinski definition) is 4. The molecule has 21 heavy (non-hydrogen) atoms. The molecule has 0 spiro atoms. The lowest BCUT2D eigenvalue weighted by atomic mass is 9.80. The van der Waals surface area contributed by atoms with E-state index < -0.39 is 0 Å². The lowest BCUT2D eigenvalue weighted by Gasteiger charge is -2.45. The standard InChI is InChI=1S/C17H29N3O/c1-5-17(6-2,20(3)4)16(19-18)13-8-7-9-15(12-13)21-14-10-11-14/h7-9,12,14,16,19H,5-6,10-11,18H2,1-4H3. The van der Waals surface area contributed by atoms with Gasteiger partial charge in [0.15, 0.2) is 0 Å². The van der Waals surface area contributed by atoms with Crippen molar-refractivity contribution in [1.82, 2.24) is 10.3 Å². The average Bonchev–Trinajstić information content (AvgIpc) is 3.28. The van der Waals surface area contributed by atoms with Gasteiger partial charge in [-0.15, -0.1) is 0 Å². The van der Waals surface area contributed by atoms with Gasteiger partial charge in [-0.05, 0) is 57.5 Å². The van der Waals surface area contributed by atoms with E-state index in [4.69, 9.17) is 10.6 Å². The molecule has 0 heterocycles. The fourth-order valence-corrected chi connectivity index (χ4v) is 3.26. The van der Waals surface area contributed by atoms with Crippen molar-refractivity contribution in [3.05, 3.63) is 29.8 Å². The van der Waals surface area contributed by atoms with Crippen LogP contribution in [0.5, 0.6) is 5.75 Å². The smallest absolute Gasteiger partial charge is 0.120 e. The maximum absolute atomic E-state index is 5.93. The Hall–Kier alpha value is -1.10. The molecule has 0 radical (unpaired) electrons. The number of ether oxygens (including phenoxy) is 1. The molecule has 1 aromatic carbocycles. The average molecular weight is 291 g/mol. The molecule has 0 saturated heterocycles. The van der Waals surface area contributed by atoms with Gasteiger partial charge in [0.2, 0.25) is 0 Å². The zero-order valence-corrected chi connectivity index (χ0v) is 13.7. The zero-order chi connectivity index (χ0) is 15.5. The first-order chi connectivity index (χ1) is 10.1. The summed E-state index contributed by atoms with van der Waals surface area (Å²) < 4.78 is 5.92. The molecule has 4 heteroatoms. The molecule has 0 aliphatic heterocycles. The van der Waals surface area contributed by atoms with Crippen LogP contribution in [0.25, 0.3) is 0 Å². The van der Waals surface area contributed by atoms with Crippen molar-refractivity contribution in [2.45, 2.75) is 57.2 Å². The summed E-state index contributed by atoms with van der Waals surface area (Å²) in [5.74, 6) is 6.88. The third kappa shape index (κ3) is 3.39. The summed E-state index contributed by atoms with van der Waals surface area (Å²) in [4.78, 5) is 2.28. The molecule has 0 aromatic heterocycles. The predicted molar refractivity (Wildman–Crippen MR) is 87.2 cm³/mol. The number of nitrogens with two attached hydrogens (primary N) is 1. The molecule has 118 valence electrons. The van der Waals surface area contributed by atoms with Crippen LogP contribution in [0.3, 0.4) is 0 Å². The van der Waals surface area contributed by atoms with E-state index in [1.165, 1.54) is 18.4 Å². The third-order valence-electron chi connectivity index (χ3n) is 4.84. The van der Waals surface area contributed by atoms with Crippen molar-refractivity contribution in [2.75, 3.05) is 14.1 Å². The normalized spacial score (nSPS) is 17.0. The van der Waals surface area contributed by atoms with Crippen molar-refractivity contribution >= 4 is 0 Å². The summed E-state index contributed by atoms with van der Waals surface area (Å²) in [6.07, 6.45) is 4.82. The van der Waals surface area contributed by atoms with Crippen LogP contribution in [0.2, 0.25) is 0 Å². The highest BCUT2D eigenvalue weighted by Crippen LogP contribution is 2.37. The summed E-state index contributed by atoms with van der Waals surface area (Å²) in [5.41, 5.74) is 4.22. The SMILES string of the molecule is CCC(CC)(C(NN)c1cccc(OC2CC2)c1)N(C)C. The van der Waals surface area contributed by atoms with Crippen LogP contribution < -0.4 is 16.0 Å². The van der Waals surface area contributed by atoms with E-state index in [0.717, 1.165) is 18.6 Å². The number of rotatable bonds is 8. The first kappa shape index (κ1) is 16.3. The van der Waals surface area contributed by atoms with Gasteiger partial charge in [0, 0.05) is 5.54 Å². The summed E-state index contributed by atoms with van der Waals surface area (Å²) in [5, 5.41) is 0. The van der Waals surface area contributed by atoms with Crippen LogP contribution in [0.15, 0.2) is 24.3 Å². The molecule has 0 bridgehead atoms. The van der Waals surface area contributed by atoms with Crippen LogP contribution in [0.4, 0.5) is 0 Å². The fourth-order valence-electron chi connectivity index (χ4n) is 3.26. The second kappa shape index (κ2) is 6.77. The van der Waals surface area contributed by atoms with Crippen molar-refractivity contribution < 1.29 is 4.74 Å². The van der Waals surface area contributed by atoms with E-state index in [-0.39, 0.29) is 11.6 Å². The molecule has 1 unspecified atom stereocenters. The molecular weight excluding hydrogens is 262 g/mol. The Bertz CT molecular complexity index is 453. The highest BCUT2D eigenvalue weighted by Gasteiger charge is 2.38. The minimum absolute atomic E-state index is 0.00699. The summed E-state index contributed by atoms with van der Waals surface area (Å²) >= 11 is 0. The lowest BCUT2D eigenvalue weighted by Crippen LogP contribution is -2.54. The van der Waals surface area contributed by atoms with Gasteiger partial charge in [-0.3, -0.25) is 11.3 Å². The van der Waals surface area contributed by atoms with Gasteiger partial charge >= 0.3 is 0 Å². The summed E-state index contributed by atoms with van der Waals surface area (Å²) in [6, 6.07) is 8.43. The van der Waals surface area contributed by atoms with Crippen LogP contribution in [-0.4, -0.2) is 30.6 Å². The number of benzene rings is 1. The van der Waals surface area contributed by atoms with Gasteiger partial charge in [-0.25, -0.2) is 0 Å². The minimum atomic E-state index is -0.00699. The van der Waals surface area contributed by atoms with E-state index in [0.29, 0.717) is 6.10 Å². The highest BCUT2D eigenvalue weighted by atomic mass is 16.5. The maximum atomic E-state index is 5.93. The Labute approximate surface area is 128 Å². The molecule has 1 atom stereocenters. The number of hydrogen-bond donors (Lipinski definition) is 2. The van der Waals surface area contributed by atoms with Gasteiger partial charge in [0.05, 0.1) is 12.1 Å². The van der Waals surface area contributed by atoms with Crippen molar-refractivity contribution in [1.29, 1.82) is 0 Å². The molecule has 1 saturated carbocycles. The first-order valence-electron chi connectivity index (χ1n) is 7.97. The number of likely N-dealkylation sites (N-methyl/N-ethyl adjacent to an activating group) is 1. The van der Waals surface area contributed by atoms with E-state index >= 15 is 0 Å². The van der Waals surface area contributed by atoms with Crippen LogP contribution in [0, 0.1) is 0 Å². The second-order valence-corrected chi connectivity index (χ2v) is 6.19. The monoisotopic (exact) mass is 291 g/mol. The van der Waals surface area contributed by atoms with E-state index in [9.17, 15) is 0 Å². The largest absolute Gasteiger partial charge is 0.490 e. The molecule has 2 rings (SSSR count). The first-order valence-corrected chi connectivity index (χ1v) is 7.97. The molecule has 0 amide bonds. The molecule has 1 fully saturated rings. The number of nitrogens with zero attached hydrogens (tertiary/aromatic N) is 1. The third-order valence-corrected chi connectivity index (χ3v) is 4.84. The van der Waals surface area contributed by atoms with Crippen LogP contribution in [-0.2, 0) is 0 Å². The Morgan fingerprint density at radius 1 is 1.33 bits per heavy atom. The quantitative estimate of drug-likeness (QED) is 0.571. The Morgan fingerprint density at radius 3 is 2.48 bits per heavy atom. The van der Waals surface area contributed by atoms with Gasteiger partial charge in [0.25, 0.3) is 0 Å². The van der Waals surface area contributed by atoms with Crippen LogP contribution >= 0.6 is 0 Å². The van der Waals surface area contributed by atoms with Gasteiger partial charge in [-0.2, -0.15) is 0 Å². The highest BCUT2D eigenvalue weighted by molar-refractivity contribution is 5.33. The fraction of sp³-hybridized carbons (Fsp3) is 0.647. The Balaban J connectivity index is 2.30. The Kier molecular flexibility index (Phi) is 5.25. The van der Waals surface area contributed by atoms with Gasteiger partial charge in [-0.1, -0.05) is 26.0 Å². The van der Waals surface area contributed by atoms with E-state index in [1.807, 2.05) is 6.07 Å². The second-order valence-electron chi connectivity index (χ2n) is 6.19. The number of nitrogens with one attached hydrogen (secondary N) is 1. The lowest BCUT2D eigenvalue weighted by molar-refractivity contribution is 0.0880. The molecule has 3 N–H and O–H groups in total. The van der Waals surface area contributed by atoms with E-state index in [2.05, 4.69) is 56.5 Å². The molecule has 4 nitrogen and oxygen atoms in total. The number of hydrazine groups is 1. The molecule has 1 aliphatic carbocycles. The summed E-state index contributed by atoms with van der Waals surface area (Å²) in [7, 11) is 4.25. The zero-order valence-electron chi connectivity index (χ0n) is 13.7. The maximum Gasteiger partial charge on any atom is 0.120 e. The van der Waals surface area contributed by atoms with Gasteiger partial charge in [0.1, 0.15) is 5.75 Å². The minimum Gasteiger partial charge on any atom is -0.490 e. The van der Waals surface area contributed by atoms with Gasteiger partial charge < -0.3 is 9.64 Å². The molecular formula is C17H29N3O. The van der Waals surface area contributed by atoms with Crippen molar-refractivity contribution in [2.24, 2.45) is 5.84 Å². The topological polar surface area (TPSA) is 50.5 Å². The van der Waals surface area contributed by atoms with Crippen LogP contribution in [0.1, 0.15) is 51.1 Å². The molecule has 1 aromatic rings. The molecule has 1 aliphatic rings. The van der Waals surface area contributed by atoms with E-state index in [1.54, 1.807) is 0 Å². The predicted octanol–water partition coefficient (Wildman–Crippen LogP) is 2.85. The Morgan fingerprint density at radius 2 is 2.00 bits per heavy atom. The summed E-state index contributed by atoms with van der Waals surface area (Å²) in [6.45, 7) is 4.44.